The molecule has 1 atom stereocenters. The highest BCUT2D eigenvalue weighted by Gasteiger charge is 2.22. The first kappa shape index (κ1) is 22.8. The highest BCUT2D eigenvalue weighted by molar-refractivity contribution is 14.0. The van der Waals surface area contributed by atoms with Crippen molar-refractivity contribution in [3.05, 3.63) is 83.9 Å². The molecule has 0 spiro atoms. The third-order valence-corrected chi connectivity index (χ3v) is 4.75. The van der Waals surface area contributed by atoms with Crippen LogP contribution in [0, 0.1) is 5.82 Å². The number of rotatable bonds is 6. The average Bonchev–Trinajstić information content (AvgIpc) is 3.19. The van der Waals surface area contributed by atoms with Gasteiger partial charge in [-0.1, -0.05) is 24.3 Å². The van der Waals surface area contributed by atoms with E-state index in [1.54, 1.807) is 31.4 Å². The second-order valence-electron chi connectivity index (χ2n) is 6.91. The number of aromatic nitrogens is 1. The fourth-order valence-electron chi connectivity index (χ4n) is 3.26. The predicted molar refractivity (Wildman–Crippen MR) is 129 cm³/mol. The van der Waals surface area contributed by atoms with E-state index in [1.165, 1.54) is 17.8 Å². The minimum atomic E-state index is -0.432. The molecule has 0 saturated carbocycles. The van der Waals surface area contributed by atoms with Gasteiger partial charge in [0.15, 0.2) is 17.5 Å². The van der Waals surface area contributed by atoms with Crippen molar-refractivity contribution in [1.82, 2.24) is 15.6 Å². The van der Waals surface area contributed by atoms with E-state index in [-0.39, 0.29) is 35.8 Å². The number of fused-ring (bicyclic) bond motifs is 1. The molecular weight excluding hydrogens is 510 g/mol. The number of para-hydroxylation sites is 1. The Morgan fingerprint density at radius 1 is 1.19 bits per heavy atom. The van der Waals surface area contributed by atoms with Crippen molar-refractivity contribution in [2.45, 2.75) is 19.1 Å². The van der Waals surface area contributed by atoms with Crippen LogP contribution in [0.1, 0.15) is 11.1 Å². The van der Waals surface area contributed by atoms with Gasteiger partial charge in [0.05, 0.1) is 12.7 Å². The predicted octanol–water partition coefficient (Wildman–Crippen LogP) is 4.30. The first-order chi connectivity index (χ1) is 14.7. The number of nitrogens with one attached hydrogen (secondary N) is 2. The topological polar surface area (TPSA) is 67.8 Å². The summed E-state index contributed by atoms with van der Waals surface area (Å²) in [5.74, 6) is 1.79. The van der Waals surface area contributed by atoms with Crippen LogP contribution in [0.4, 0.5) is 4.39 Å². The fourth-order valence-corrected chi connectivity index (χ4v) is 3.26. The molecular formula is C23H24FIN4O2. The molecule has 0 radical (unpaired) electrons. The second-order valence-corrected chi connectivity index (χ2v) is 6.91. The van der Waals surface area contributed by atoms with Gasteiger partial charge in [-0.2, -0.15) is 0 Å². The molecule has 1 aliphatic heterocycles. The van der Waals surface area contributed by atoms with E-state index in [9.17, 15) is 4.39 Å². The van der Waals surface area contributed by atoms with Crippen LogP contribution in [-0.4, -0.2) is 30.6 Å². The number of guanidine groups is 1. The molecule has 4 rings (SSSR count). The lowest BCUT2D eigenvalue weighted by Crippen LogP contribution is -2.41. The monoisotopic (exact) mass is 534 g/mol. The zero-order chi connectivity index (χ0) is 20.8. The van der Waals surface area contributed by atoms with Gasteiger partial charge in [-0.15, -0.1) is 24.0 Å². The summed E-state index contributed by atoms with van der Waals surface area (Å²) in [5, 5.41) is 6.46. The third-order valence-electron chi connectivity index (χ3n) is 4.75. The van der Waals surface area contributed by atoms with Gasteiger partial charge in [-0.05, 0) is 41.5 Å². The number of nitrogens with zero attached hydrogens (tertiary/aromatic N) is 2. The van der Waals surface area contributed by atoms with Crippen LogP contribution in [-0.2, 0) is 13.0 Å². The molecule has 162 valence electrons. The first-order valence-corrected chi connectivity index (χ1v) is 9.76. The molecule has 0 bridgehead atoms. The average molecular weight is 534 g/mol. The Hall–Kier alpha value is -2.88. The number of ether oxygens (including phenoxy) is 2. The Morgan fingerprint density at radius 2 is 2.06 bits per heavy atom. The van der Waals surface area contributed by atoms with Crippen LogP contribution < -0.4 is 20.1 Å². The summed E-state index contributed by atoms with van der Waals surface area (Å²) < 4.78 is 25.8. The summed E-state index contributed by atoms with van der Waals surface area (Å²) in [5.41, 5.74) is 2.00. The van der Waals surface area contributed by atoms with E-state index in [1.807, 2.05) is 24.3 Å². The largest absolute Gasteiger partial charge is 0.488 e. The molecule has 0 amide bonds. The van der Waals surface area contributed by atoms with Crippen molar-refractivity contribution < 1.29 is 13.9 Å². The number of hydrogen-bond acceptors (Lipinski definition) is 4. The zero-order valence-corrected chi connectivity index (χ0v) is 19.4. The minimum Gasteiger partial charge on any atom is -0.488 e. The fraction of sp³-hybridized carbons (Fsp3) is 0.217. The highest BCUT2D eigenvalue weighted by atomic mass is 127. The summed E-state index contributed by atoms with van der Waals surface area (Å²) in [7, 11) is 1.70. The number of hydrogen-bond donors (Lipinski definition) is 2. The SMILES string of the molecule is CN=C(NCc1ccc(Oc2cccnc2)c(F)c1)NCC1Cc2ccccc2O1.I. The van der Waals surface area contributed by atoms with Gasteiger partial charge < -0.3 is 20.1 Å². The molecule has 2 N–H and O–H groups in total. The van der Waals surface area contributed by atoms with Crippen LogP contribution >= 0.6 is 24.0 Å². The van der Waals surface area contributed by atoms with Gasteiger partial charge in [0.25, 0.3) is 0 Å². The molecule has 0 saturated heterocycles. The summed E-state index contributed by atoms with van der Waals surface area (Å²) in [6, 6.07) is 16.4. The van der Waals surface area contributed by atoms with Gasteiger partial charge in [-0.3, -0.25) is 9.98 Å². The highest BCUT2D eigenvalue weighted by Crippen LogP contribution is 2.27. The first-order valence-electron chi connectivity index (χ1n) is 9.76. The summed E-state index contributed by atoms with van der Waals surface area (Å²) in [4.78, 5) is 8.18. The van der Waals surface area contributed by atoms with Crippen LogP contribution in [0.3, 0.4) is 0 Å². The maximum absolute atomic E-state index is 14.4. The van der Waals surface area contributed by atoms with Gasteiger partial charge >= 0.3 is 0 Å². The molecule has 0 fully saturated rings. The van der Waals surface area contributed by atoms with Gasteiger partial charge in [0, 0.05) is 26.2 Å². The Bertz CT molecular complexity index is 1010. The van der Waals surface area contributed by atoms with E-state index in [0.717, 1.165) is 17.7 Å². The van der Waals surface area contributed by atoms with E-state index >= 15 is 0 Å². The smallest absolute Gasteiger partial charge is 0.191 e. The lowest BCUT2D eigenvalue weighted by molar-refractivity contribution is 0.235. The molecule has 31 heavy (non-hydrogen) atoms. The van der Waals surface area contributed by atoms with Gasteiger partial charge in [0.1, 0.15) is 17.6 Å². The molecule has 0 aliphatic carbocycles. The van der Waals surface area contributed by atoms with Crippen LogP contribution in [0.2, 0.25) is 0 Å². The van der Waals surface area contributed by atoms with Gasteiger partial charge in [-0.25, -0.2) is 4.39 Å². The molecule has 1 aliphatic rings. The molecule has 3 aromatic rings. The number of halogens is 2. The Kier molecular flexibility index (Phi) is 8.05. The molecule has 1 aromatic heterocycles. The quantitative estimate of drug-likeness (QED) is 0.281. The third kappa shape index (κ3) is 6.06. The van der Waals surface area contributed by atoms with Crippen molar-refractivity contribution in [2.24, 2.45) is 4.99 Å². The Labute approximate surface area is 197 Å². The summed E-state index contributed by atoms with van der Waals surface area (Å²) in [6.45, 7) is 1.05. The van der Waals surface area contributed by atoms with Gasteiger partial charge in [0.2, 0.25) is 0 Å². The van der Waals surface area contributed by atoms with E-state index in [4.69, 9.17) is 9.47 Å². The molecule has 2 heterocycles. The summed E-state index contributed by atoms with van der Waals surface area (Å²) >= 11 is 0. The Balaban J connectivity index is 0.00000272. The maximum Gasteiger partial charge on any atom is 0.191 e. The van der Waals surface area contributed by atoms with Crippen LogP contribution in [0.25, 0.3) is 0 Å². The number of benzene rings is 2. The van der Waals surface area contributed by atoms with Crippen molar-refractivity contribution in [1.29, 1.82) is 0 Å². The van der Waals surface area contributed by atoms with Crippen molar-refractivity contribution in [2.75, 3.05) is 13.6 Å². The summed E-state index contributed by atoms with van der Waals surface area (Å²) in [6.07, 6.45) is 4.10. The zero-order valence-electron chi connectivity index (χ0n) is 17.0. The number of aliphatic imine (C=N–C) groups is 1. The van der Waals surface area contributed by atoms with Crippen molar-refractivity contribution in [3.63, 3.8) is 0 Å². The Morgan fingerprint density at radius 3 is 2.81 bits per heavy atom. The maximum atomic E-state index is 14.4. The lowest BCUT2D eigenvalue weighted by Gasteiger charge is -2.16. The van der Waals surface area contributed by atoms with Crippen molar-refractivity contribution >= 4 is 29.9 Å². The van der Waals surface area contributed by atoms with Crippen LogP contribution in [0.15, 0.2) is 72.0 Å². The van der Waals surface area contributed by atoms with E-state index in [0.29, 0.717) is 24.8 Å². The second kappa shape index (κ2) is 10.9. The molecule has 6 nitrogen and oxygen atoms in total. The molecule has 1 unspecified atom stereocenters. The lowest BCUT2D eigenvalue weighted by atomic mass is 10.1. The molecule has 8 heteroatoms. The van der Waals surface area contributed by atoms with Crippen LogP contribution in [0.5, 0.6) is 17.2 Å². The minimum absolute atomic E-state index is 0. The molecule has 2 aromatic carbocycles. The normalized spacial score (nSPS) is 14.8. The van der Waals surface area contributed by atoms with E-state index < -0.39 is 5.82 Å². The standard InChI is InChI=1S/C23H23FN4O2.HI/c1-25-23(28-15-19-12-17-5-2-3-7-21(17)30-19)27-13-16-8-9-22(20(24)11-16)29-18-6-4-10-26-14-18;/h2-11,14,19H,12-13,15H2,1H3,(H2,25,27,28);1H. The van der Waals surface area contributed by atoms with E-state index in [2.05, 4.69) is 26.7 Å². The van der Waals surface area contributed by atoms with Crippen molar-refractivity contribution in [3.8, 4) is 17.2 Å². The number of pyridine rings is 1.